The molecule has 4 aromatic carbocycles. The van der Waals surface area contributed by atoms with Crippen LogP contribution >= 0.6 is 0 Å². The maximum atomic E-state index is 14.5. The van der Waals surface area contributed by atoms with E-state index in [-0.39, 0.29) is 123 Å². The molecule has 4 rings (SSSR count). The third kappa shape index (κ3) is 102. The number of ether oxygens (including phenoxy) is 7. The van der Waals surface area contributed by atoms with E-state index in [1.54, 1.807) is 0 Å². The molecule has 3 atom stereocenters. The van der Waals surface area contributed by atoms with Gasteiger partial charge in [-0.05, 0) is 86.5 Å². The smallest absolute Gasteiger partial charge is 0.857 e. The predicted octanol–water partition coefficient (Wildman–Crippen LogP) is 9.08. The Bertz CT molecular complexity index is 2410. The number of unbranched alkanes of at least 4 members (excludes halogenated alkanes) is 4. The third-order valence-electron chi connectivity index (χ3n) is 13.1. The van der Waals surface area contributed by atoms with Crippen molar-refractivity contribution in [1.29, 1.82) is 0 Å². The normalized spacial score (nSPS) is 10.8. The monoisotopic (exact) mass is 1600 g/mol. The maximum absolute atomic E-state index is 14.5. The number of aliphatic hydroxyl groups excluding tert-OH is 5. The summed E-state index contributed by atoms with van der Waals surface area (Å²) >= 11 is 0. The van der Waals surface area contributed by atoms with Gasteiger partial charge < -0.3 is 74.4 Å². The van der Waals surface area contributed by atoms with Crippen LogP contribution < -0.4 is 40.4 Å². The third-order valence-corrected chi connectivity index (χ3v) is 13.7. The SMILES string of the molecule is C.CCCCOCCCO.CCCCOCCCOCC(F)CN.CCCCOCCCOCC(F)CN(Cc1ccccc1)Cc1ccccc1.CCCCOCCCOS(C)(=O)=O.C[O-].OCC(F)CN(Cc1ccccc1)Cc1ccccc1.OCCCO.[B].[C-]#[N+]C=C.[C-]#[N+]CCOCCCO.[Na+].[V]. The van der Waals surface area contributed by atoms with Gasteiger partial charge in [0, 0.05) is 172 Å². The van der Waals surface area contributed by atoms with Gasteiger partial charge in [-0.1, -0.05) is 182 Å². The van der Waals surface area contributed by atoms with Crippen molar-refractivity contribution >= 4 is 18.5 Å². The molecule has 21 nitrogen and oxygen atoms in total. The first kappa shape index (κ1) is 123. The maximum Gasteiger partial charge on any atom is 1.00 e. The van der Waals surface area contributed by atoms with E-state index in [0.717, 1.165) is 128 Å². The molecule has 4 radical (unpaired) electrons. The molecule has 0 aliphatic rings. The Hall–Kier alpha value is -3.69. The molecule has 616 valence electrons. The van der Waals surface area contributed by atoms with E-state index >= 15 is 0 Å². The molecule has 0 aromatic heterocycles. The minimum Gasteiger partial charge on any atom is -0.857 e. The summed E-state index contributed by atoms with van der Waals surface area (Å²) in [6, 6.07) is 40.4. The summed E-state index contributed by atoms with van der Waals surface area (Å²) in [7, 11) is -2.53. The second-order valence-corrected chi connectivity index (χ2v) is 24.5. The van der Waals surface area contributed by atoms with Crippen molar-refractivity contribution in [3.8, 4) is 0 Å². The molecule has 0 amide bonds. The van der Waals surface area contributed by atoms with E-state index in [1.807, 2.05) is 102 Å². The summed E-state index contributed by atoms with van der Waals surface area (Å²) < 4.78 is 103. The Morgan fingerprint density at radius 3 is 1.00 bits per heavy atom. The molecule has 108 heavy (non-hydrogen) atoms. The zero-order valence-corrected chi connectivity index (χ0v) is 70.1. The van der Waals surface area contributed by atoms with Crippen molar-refractivity contribution in [3.63, 3.8) is 0 Å². The van der Waals surface area contributed by atoms with Crippen molar-refractivity contribution < 1.29 is 138 Å². The van der Waals surface area contributed by atoms with E-state index < -0.39 is 35.2 Å². The van der Waals surface area contributed by atoms with E-state index in [1.165, 1.54) is 23.7 Å². The number of rotatable bonds is 53. The second-order valence-electron chi connectivity index (χ2n) is 22.9. The van der Waals surface area contributed by atoms with Crippen LogP contribution in [0, 0.1) is 13.1 Å². The van der Waals surface area contributed by atoms with Crippen LogP contribution in [0.25, 0.3) is 9.69 Å². The van der Waals surface area contributed by atoms with Gasteiger partial charge in [0.25, 0.3) is 10.1 Å². The van der Waals surface area contributed by atoms with Crippen molar-refractivity contribution in [2.45, 2.75) is 170 Å². The molecule has 0 fully saturated rings. The molecule has 3 unspecified atom stereocenters. The van der Waals surface area contributed by atoms with Crippen LogP contribution in [0.2, 0.25) is 0 Å². The first-order valence-corrected chi connectivity index (χ1v) is 38.3. The van der Waals surface area contributed by atoms with Crippen LogP contribution in [0.4, 0.5) is 13.2 Å². The van der Waals surface area contributed by atoms with Gasteiger partial charge in [-0.15, -0.1) is 6.58 Å². The summed E-state index contributed by atoms with van der Waals surface area (Å²) in [6.07, 6.45) is 12.1. The molecule has 0 aliphatic carbocycles. The largest absolute Gasteiger partial charge is 1.00 e. The number of benzene rings is 4. The summed E-state index contributed by atoms with van der Waals surface area (Å²) in [5, 5.41) is 49.6. The predicted molar refractivity (Wildman–Crippen MR) is 424 cm³/mol. The van der Waals surface area contributed by atoms with Crippen molar-refractivity contribution in [2.24, 2.45) is 5.73 Å². The van der Waals surface area contributed by atoms with Gasteiger partial charge in [0.1, 0.15) is 31.3 Å². The van der Waals surface area contributed by atoms with Gasteiger partial charge in [0.05, 0.1) is 39.3 Å². The van der Waals surface area contributed by atoms with Gasteiger partial charge in [-0.2, -0.15) is 15.5 Å². The van der Waals surface area contributed by atoms with E-state index in [0.29, 0.717) is 98.3 Å². The minimum absolute atomic E-state index is 0. The molecule has 0 aliphatic heterocycles. The Kier molecular flexibility index (Phi) is 117. The number of aliphatic hydroxyl groups is 5. The van der Waals surface area contributed by atoms with Gasteiger partial charge in [0.2, 0.25) is 6.54 Å². The topological polar surface area (TPSA) is 273 Å². The quantitative estimate of drug-likeness (QED) is 0.0104. The van der Waals surface area contributed by atoms with Gasteiger partial charge in [-0.3, -0.25) is 14.0 Å². The fourth-order valence-corrected chi connectivity index (χ4v) is 8.23. The van der Waals surface area contributed by atoms with Crippen LogP contribution in [-0.4, -0.2) is 242 Å². The summed E-state index contributed by atoms with van der Waals surface area (Å²) in [4.78, 5) is 10.0. The fourth-order valence-electron chi connectivity index (χ4n) is 7.81. The van der Waals surface area contributed by atoms with Crippen LogP contribution in [0.15, 0.2) is 134 Å². The Morgan fingerprint density at radius 2 is 0.741 bits per heavy atom. The number of hydrogen-bond donors (Lipinski definition) is 6. The summed E-state index contributed by atoms with van der Waals surface area (Å²) in [5.41, 5.74) is 9.76. The first-order chi connectivity index (χ1) is 50.6. The fraction of sp³-hybridized carbons (Fsp3) is 0.650. The summed E-state index contributed by atoms with van der Waals surface area (Å²) in [5.74, 6) is 0. The second kappa shape index (κ2) is 103. The molecule has 0 bridgehead atoms. The van der Waals surface area contributed by atoms with Crippen molar-refractivity contribution in [3.05, 3.63) is 179 Å². The molecular weight excluding hydrogens is 1460 g/mol. The van der Waals surface area contributed by atoms with Crippen LogP contribution in [0.1, 0.15) is 147 Å². The number of nitrogens with two attached hydrogens (primary N) is 1. The Morgan fingerprint density at radius 1 is 0.472 bits per heavy atom. The molecular formula is C80H139BF3N5NaO16SV. The van der Waals surface area contributed by atoms with E-state index in [2.05, 4.69) is 77.3 Å². The molecule has 4 aromatic rings. The standard InChI is InChI=1S/C24H34FNO2.C17H20FNO.C10H22FNO2.C8H18O4S.C7H16O2.C6H11NO2.C3H3N.C3H8O2.CH3O.CH4.B.Na.V/c1-2-3-15-27-16-10-17-28-21-24(25)20-26(18-22-11-6-4-7-12-22)19-23-13-8-5-9-14-23;18-17(14-20)13-19(11-15-7-3-1-4-8-15)12-16-9-5-2-6-10-16;1-2-3-5-13-6-4-7-14-9-10(11)8-12;1-3-4-6-11-7-5-8-12-13(2,9)10;1-2-3-6-9-7-4-5-8;1-7-3-6-9-5-2-4-8;1-3-4-2;4-2-1-3-5;1-2;;;;/h4-9,11-14,24H,2-3,10,15-21H2,1H3;1-10,17,20H,11-14H2;10H,2-9,12H2,1H3;3-8H2,1-2H3;8H,2-7H2,1H3;8H,2-6H2;3H,1H2;4-5H,1-3H2;1H3;1H4;;;/q;;;;;;;;-1;;;+1;. The average Bonchev–Trinajstić information content (AvgIpc) is 0.898. The number of nitrogens with zero attached hydrogens (tertiary/aromatic N) is 4. The molecule has 7 N–H and O–H groups in total. The molecule has 28 heteroatoms. The molecule has 0 heterocycles. The first-order valence-electron chi connectivity index (χ1n) is 36.5. The van der Waals surface area contributed by atoms with E-state index in [4.69, 9.17) is 82.7 Å². The van der Waals surface area contributed by atoms with Crippen molar-refractivity contribution in [1.82, 2.24) is 9.80 Å². The molecule has 0 saturated heterocycles. The van der Waals surface area contributed by atoms with Crippen LogP contribution in [-0.2, 0) is 92.2 Å². The number of alkyl halides is 3. The summed E-state index contributed by atoms with van der Waals surface area (Å²) in [6.45, 7) is 36.4. The average molecular weight is 1600 g/mol. The van der Waals surface area contributed by atoms with Crippen LogP contribution in [0.3, 0.4) is 0 Å². The van der Waals surface area contributed by atoms with E-state index in [9.17, 15) is 21.6 Å². The number of halogens is 3. The Labute approximate surface area is 687 Å². The van der Waals surface area contributed by atoms with Crippen LogP contribution in [0.5, 0.6) is 0 Å². The molecule has 0 spiro atoms. The van der Waals surface area contributed by atoms with Gasteiger partial charge in [-0.25, -0.2) is 24.6 Å². The zero-order chi connectivity index (χ0) is 78.3. The van der Waals surface area contributed by atoms with Gasteiger partial charge >= 0.3 is 29.6 Å². The Balaban J connectivity index is -0.000000156. The number of hydrogen-bond acceptors (Lipinski definition) is 19. The minimum atomic E-state index is -3.28. The van der Waals surface area contributed by atoms with Gasteiger partial charge in [0.15, 0.2) is 0 Å². The zero-order valence-electron chi connectivity index (χ0n) is 65.9. The van der Waals surface area contributed by atoms with Crippen molar-refractivity contribution in [2.75, 3.05) is 172 Å². The molecule has 0 saturated carbocycles.